The number of hydroxylamine groups is 1. The summed E-state index contributed by atoms with van der Waals surface area (Å²) in [6.45, 7) is -1.41. The van der Waals surface area contributed by atoms with Gasteiger partial charge in [0, 0.05) is 0 Å². The van der Waals surface area contributed by atoms with Gasteiger partial charge < -0.3 is 0 Å². The van der Waals surface area contributed by atoms with E-state index in [4.69, 9.17) is 0 Å². The summed E-state index contributed by atoms with van der Waals surface area (Å²) in [6, 6.07) is 13.7. The van der Waals surface area contributed by atoms with E-state index in [-0.39, 0.29) is 0 Å². The van der Waals surface area contributed by atoms with Gasteiger partial charge in [-0.05, 0) is 23.3 Å². The quantitative estimate of drug-likeness (QED) is 0.665. The van der Waals surface area contributed by atoms with Gasteiger partial charge in [0.1, 0.15) is 5.82 Å². The number of nitrogens with one attached hydrogen (secondary N) is 1. The van der Waals surface area contributed by atoms with Crippen LogP contribution in [0.5, 0.6) is 0 Å². The Kier molecular flexibility index (Phi) is 4.93. The summed E-state index contributed by atoms with van der Waals surface area (Å²) < 4.78 is 49.4. The predicted octanol–water partition coefficient (Wildman–Crippen LogP) is 4.00. The largest absolute Gasteiger partial charge is 0.413 e. The topological polar surface area (TPSA) is 21.3 Å². The number of alkyl halides is 3. The van der Waals surface area contributed by atoms with Crippen molar-refractivity contribution in [3.63, 3.8) is 0 Å². The van der Waals surface area contributed by atoms with Crippen LogP contribution in [-0.2, 0) is 4.84 Å². The van der Waals surface area contributed by atoms with E-state index in [1.54, 1.807) is 30.3 Å². The van der Waals surface area contributed by atoms with Crippen LogP contribution >= 0.6 is 0 Å². The molecule has 1 unspecified atom stereocenters. The van der Waals surface area contributed by atoms with Crippen LogP contribution in [0.4, 0.5) is 17.6 Å². The minimum absolute atomic E-state index is 0.415. The van der Waals surface area contributed by atoms with Gasteiger partial charge >= 0.3 is 6.18 Å². The lowest BCUT2D eigenvalue weighted by molar-refractivity contribution is -0.192. The molecule has 0 aromatic heterocycles. The van der Waals surface area contributed by atoms with E-state index >= 15 is 0 Å². The molecule has 6 heteroatoms. The van der Waals surface area contributed by atoms with Crippen molar-refractivity contribution in [3.05, 3.63) is 71.5 Å². The highest BCUT2D eigenvalue weighted by Crippen LogP contribution is 2.23. The Morgan fingerprint density at radius 2 is 1.48 bits per heavy atom. The van der Waals surface area contributed by atoms with E-state index in [2.05, 4.69) is 10.3 Å². The van der Waals surface area contributed by atoms with Crippen LogP contribution in [0, 0.1) is 5.82 Å². The molecule has 112 valence electrons. The summed E-state index contributed by atoms with van der Waals surface area (Å²) in [5, 5.41) is 0. The lowest BCUT2D eigenvalue weighted by atomic mass is 10.00. The van der Waals surface area contributed by atoms with Gasteiger partial charge in [-0.3, -0.25) is 4.84 Å². The van der Waals surface area contributed by atoms with Gasteiger partial charge in [0.05, 0.1) is 6.04 Å². The van der Waals surface area contributed by atoms with Crippen LogP contribution < -0.4 is 5.48 Å². The van der Waals surface area contributed by atoms with Crippen molar-refractivity contribution in [3.8, 4) is 0 Å². The molecule has 0 aliphatic heterocycles. The second kappa shape index (κ2) is 6.69. The molecule has 2 nitrogen and oxygen atoms in total. The van der Waals surface area contributed by atoms with Crippen molar-refractivity contribution in [2.24, 2.45) is 0 Å². The number of hydrogen-bond acceptors (Lipinski definition) is 2. The molecule has 2 aromatic rings. The second-order valence-electron chi connectivity index (χ2n) is 4.42. The van der Waals surface area contributed by atoms with Crippen LogP contribution in [-0.4, -0.2) is 12.8 Å². The van der Waals surface area contributed by atoms with Crippen molar-refractivity contribution in [2.75, 3.05) is 6.61 Å². The number of halogens is 4. The highest BCUT2D eigenvalue weighted by atomic mass is 19.4. The van der Waals surface area contributed by atoms with Gasteiger partial charge in [0.15, 0.2) is 6.61 Å². The van der Waals surface area contributed by atoms with Crippen LogP contribution in [0.1, 0.15) is 17.2 Å². The highest BCUT2D eigenvalue weighted by Gasteiger charge is 2.28. The van der Waals surface area contributed by atoms with Crippen LogP contribution in [0.25, 0.3) is 0 Å². The van der Waals surface area contributed by atoms with Gasteiger partial charge in [-0.1, -0.05) is 42.5 Å². The average Bonchev–Trinajstić information content (AvgIpc) is 2.45. The molecule has 0 bridgehead atoms. The number of benzene rings is 2. The van der Waals surface area contributed by atoms with Crippen LogP contribution in [0.3, 0.4) is 0 Å². The lowest BCUT2D eigenvalue weighted by Crippen LogP contribution is -2.28. The van der Waals surface area contributed by atoms with E-state index in [0.29, 0.717) is 11.1 Å². The summed E-state index contributed by atoms with van der Waals surface area (Å²) in [5.74, 6) is -0.415. The van der Waals surface area contributed by atoms with Crippen molar-refractivity contribution in [1.82, 2.24) is 5.48 Å². The third kappa shape index (κ3) is 4.84. The Morgan fingerprint density at radius 1 is 0.905 bits per heavy atom. The zero-order chi connectivity index (χ0) is 15.3. The molecule has 1 atom stereocenters. The first kappa shape index (κ1) is 15.5. The summed E-state index contributed by atoms with van der Waals surface area (Å²) in [7, 11) is 0. The number of rotatable bonds is 5. The first-order valence-electron chi connectivity index (χ1n) is 6.20. The van der Waals surface area contributed by atoms with Gasteiger partial charge in [-0.2, -0.15) is 18.7 Å². The first-order chi connectivity index (χ1) is 9.96. The molecule has 1 N–H and O–H groups in total. The highest BCUT2D eigenvalue weighted by molar-refractivity contribution is 5.31. The smallest absolute Gasteiger partial charge is 0.291 e. The lowest BCUT2D eigenvalue weighted by Gasteiger charge is -2.20. The fourth-order valence-corrected chi connectivity index (χ4v) is 1.84. The Labute approximate surface area is 119 Å². The third-order valence-electron chi connectivity index (χ3n) is 2.77. The van der Waals surface area contributed by atoms with Crippen molar-refractivity contribution < 1.29 is 22.4 Å². The van der Waals surface area contributed by atoms with Crippen molar-refractivity contribution in [2.45, 2.75) is 12.2 Å². The molecule has 0 aliphatic carbocycles. The predicted molar refractivity (Wildman–Crippen MR) is 69.8 cm³/mol. The zero-order valence-electron chi connectivity index (χ0n) is 10.9. The maximum Gasteiger partial charge on any atom is 0.413 e. The summed E-state index contributed by atoms with van der Waals surface area (Å²) >= 11 is 0. The van der Waals surface area contributed by atoms with Gasteiger partial charge in [-0.15, -0.1) is 0 Å². The average molecular weight is 299 g/mol. The van der Waals surface area contributed by atoms with E-state index in [9.17, 15) is 17.6 Å². The van der Waals surface area contributed by atoms with Crippen LogP contribution in [0.15, 0.2) is 54.6 Å². The van der Waals surface area contributed by atoms with Crippen molar-refractivity contribution >= 4 is 0 Å². The SMILES string of the molecule is Fc1ccc(C(NOCC(F)(F)F)c2ccccc2)cc1. The molecule has 0 spiro atoms. The van der Waals surface area contributed by atoms with Gasteiger partial charge in [0.2, 0.25) is 0 Å². The summed E-state index contributed by atoms with van der Waals surface area (Å²) in [4.78, 5) is 4.53. The first-order valence-corrected chi connectivity index (χ1v) is 6.20. The molecule has 0 fully saturated rings. The van der Waals surface area contributed by atoms with Gasteiger partial charge in [-0.25, -0.2) is 4.39 Å². The van der Waals surface area contributed by atoms with Crippen LogP contribution in [0.2, 0.25) is 0 Å². The second-order valence-corrected chi connectivity index (χ2v) is 4.42. The molecular weight excluding hydrogens is 286 g/mol. The Balaban J connectivity index is 2.17. The maximum atomic E-state index is 13.0. The molecule has 0 amide bonds. The van der Waals surface area contributed by atoms with Crippen molar-refractivity contribution in [1.29, 1.82) is 0 Å². The zero-order valence-corrected chi connectivity index (χ0v) is 10.9. The standard InChI is InChI=1S/C15H13F4NO/c16-13-8-6-12(7-9-13)14(11-4-2-1-3-5-11)20-21-10-15(17,18)19/h1-9,14,20H,10H2. The molecule has 0 aliphatic rings. The molecular formula is C15H13F4NO. The molecule has 2 aromatic carbocycles. The van der Waals surface area contributed by atoms with Gasteiger partial charge in [0.25, 0.3) is 0 Å². The fraction of sp³-hybridized carbons (Fsp3) is 0.200. The number of hydrogen-bond donors (Lipinski definition) is 1. The maximum absolute atomic E-state index is 13.0. The van der Waals surface area contributed by atoms with E-state index in [0.717, 1.165) is 0 Å². The summed E-state index contributed by atoms with van der Waals surface area (Å²) in [5.41, 5.74) is 3.70. The monoisotopic (exact) mass is 299 g/mol. The molecule has 21 heavy (non-hydrogen) atoms. The third-order valence-corrected chi connectivity index (χ3v) is 2.77. The summed E-state index contributed by atoms with van der Waals surface area (Å²) in [6.07, 6.45) is -4.42. The Morgan fingerprint density at radius 3 is 2.05 bits per heavy atom. The van der Waals surface area contributed by atoms with E-state index < -0.39 is 24.6 Å². The Bertz CT molecular complexity index is 554. The minimum atomic E-state index is -4.42. The molecule has 2 rings (SSSR count). The molecule has 0 saturated heterocycles. The van der Waals surface area contributed by atoms with E-state index in [1.807, 2.05) is 0 Å². The fourth-order valence-electron chi connectivity index (χ4n) is 1.84. The molecule has 0 radical (unpaired) electrons. The Hall–Kier alpha value is -1.92. The minimum Gasteiger partial charge on any atom is -0.291 e. The molecule has 0 heterocycles. The normalized spacial score (nSPS) is 13.1. The van der Waals surface area contributed by atoms with E-state index in [1.165, 1.54) is 24.3 Å². The molecule has 0 saturated carbocycles.